The van der Waals surface area contributed by atoms with Gasteiger partial charge in [-0.25, -0.2) is 4.79 Å². The molecule has 1 aromatic heterocycles. The van der Waals surface area contributed by atoms with Crippen molar-refractivity contribution in [2.45, 2.75) is 46.1 Å². The molecule has 1 atom stereocenters. The van der Waals surface area contributed by atoms with Crippen molar-refractivity contribution in [3.63, 3.8) is 0 Å². The maximum atomic E-state index is 12.2. The van der Waals surface area contributed by atoms with Gasteiger partial charge in [-0.15, -0.1) is 0 Å². The van der Waals surface area contributed by atoms with Gasteiger partial charge in [0, 0.05) is 32.3 Å². The molecule has 1 aliphatic heterocycles. The molecule has 1 aliphatic rings. The maximum absolute atomic E-state index is 12.2. The lowest BCUT2D eigenvalue weighted by Gasteiger charge is -2.27. The molecule has 7 nitrogen and oxygen atoms in total. The molecule has 128 valence electrons. The zero-order chi connectivity index (χ0) is 17.4. The molecule has 2 heterocycles. The van der Waals surface area contributed by atoms with E-state index in [1.54, 1.807) is 32.5 Å². The number of hydrogen-bond donors (Lipinski definition) is 1. The average Bonchev–Trinajstić information content (AvgIpc) is 2.93. The second-order valence-electron chi connectivity index (χ2n) is 7.31. The molecule has 0 radical (unpaired) electrons. The van der Waals surface area contributed by atoms with Crippen molar-refractivity contribution < 1.29 is 19.4 Å². The van der Waals surface area contributed by atoms with E-state index in [9.17, 15) is 14.7 Å². The highest BCUT2D eigenvalue weighted by Crippen LogP contribution is 2.35. The van der Waals surface area contributed by atoms with E-state index >= 15 is 0 Å². The van der Waals surface area contributed by atoms with E-state index in [2.05, 4.69) is 5.10 Å². The molecule has 7 heteroatoms. The highest BCUT2D eigenvalue weighted by Gasteiger charge is 2.47. The van der Waals surface area contributed by atoms with Crippen LogP contribution in [0.1, 0.15) is 38.6 Å². The first kappa shape index (κ1) is 17.3. The van der Waals surface area contributed by atoms with E-state index in [1.165, 1.54) is 4.90 Å². The standard InChI is InChI=1S/C16H25N3O4/c1-11-8-12(18(5)17-11)9-16(13(20)21)6-7-19(10-16)14(22)23-15(2,3)4/h8H,6-7,9-10H2,1-5H3,(H,20,21). The molecule has 0 spiro atoms. The largest absolute Gasteiger partial charge is 0.481 e. The van der Waals surface area contributed by atoms with Crippen molar-refractivity contribution in [2.24, 2.45) is 12.5 Å². The Balaban J connectivity index is 2.16. The molecular weight excluding hydrogens is 298 g/mol. The molecule has 0 saturated carbocycles. The summed E-state index contributed by atoms with van der Waals surface area (Å²) in [6, 6.07) is 1.89. The smallest absolute Gasteiger partial charge is 0.410 e. The first-order chi connectivity index (χ1) is 10.5. The summed E-state index contributed by atoms with van der Waals surface area (Å²) >= 11 is 0. The van der Waals surface area contributed by atoms with E-state index in [1.807, 2.05) is 13.0 Å². The third-order valence-corrected chi connectivity index (χ3v) is 4.08. The number of aliphatic carboxylic acids is 1. The summed E-state index contributed by atoms with van der Waals surface area (Å²) in [5.41, 5.74) is 0.128. The summed E-state index contributed by atoms with van der Waals surface area (Å²) in [7, 11) is 1.80. The normalized spacial score (nSPS) is 21.5. The van der Waals surface area contributed by atoms with Crippen LogP contribution in [0.4, 0.5) is 4.79 Å². The molecule has 1 saturated heterocycles. The van der Waals surface area contributed by atoms with Crippen molar-refractivity contribution in [3.8, 4) is 0 Å². The van der Waals surface area contributed by atoms with Gasteiger partial charge in [-0.2, -0.15) is 5.10 Å². The maximum Gasteiger partial charge on any atom is 0.410 e. The number of aryl methyl sites for hydroxylation is 2. The number of carboxylic acid groups (broad SMARTS) is 1. The molecule has 2 rings (SSSR count). The number of hydrogen-bond acceptors (Lipinski definition) is 4. The average molecular weight is 323 g/mol. The summed E-state index contributed by atoms with van der Waals surface area (Å²) in [5.74, 6) is -0.887. The predicted octanol–water partition coefficient (Wildman–Crippen LogP) is 1.98. The van der Waals surface area contributed by atoms with Crippen molar-refractivity contribution >= 4 is 12.1 Å². The third kappa shape index (κ3) is 3.83. The Morgan fingerprint density at radius 1 is 1.43 bits per heavy atom. The Kier molecular flexibility index (Phi) is 4.41. The molecule has 1 aromatic rings. The minimum Gasteiger partial charge on any atom is -0.481 e. The molecule has 1 amide bonds. The summed E-state index contributed by atoms with van der Waals surface area (Å²) in [6.07, 6.45) is 0.298. The van der Waals surface area contributed by atoms with Gasteiger partial charge >= 0.3 is 12.1 Å². The van der Waals surface area contributed by atoms with Gasteiger partial charge in [0.05, 0.1) is 11.1 Å². The van der Waals surface area contributed by atoms with Gasteiger partial charge < -0.3 is 14.7 Å². The second-order valence-corrected chi connectivity index (χ2v) is 7.31. The van der Waals surface area contributed by atoms with Crippen molar-refractivity contribution in [1.29, 1.82) is 0 Å². The zero-order valence-corrected chi connectivity index (χ0v) is 14.4. The molecule has 1 fully saturated rings. The number of likely N-dealkylation sites (tertiary alicyclic amines) is 1. The van der Waals surface area contributed by atoms with Crippen molar-refractivity contribution in [1.82, 2.24) is 14.7 Å². The summed E-state index contributed by atoms with van der Waals surface area (Å²) < 4.78 is 7.05. The molecule has 0 bridgehead atoms. The number of carbonyl (C=O) groups is 2. The van der Waals surface area contributed by atoms with E-state index < -0.39 is 23.1 Å². The fraction of sp³-hybridized carbons (Fsp3) is 0.688. The quantitative estimate of drug-likeness (QED) is 0.919. The first-order valence-electron chi connectivity index (χ1n) is 7.73. The molecule has 23 heavy (non-hydrogen) atoms. The number of carbonyl (C=O) groups excluding carboxylic acids is 1. The Labute approximate surface area is 136 Å². The number of amides is 1. The predicted molar refractivity (Wildman–Crippen MR) is 84.1 cm³/mol. The number of nitrogens with zero attached hydrogens (tertiary/aromatic N) is 3. The second kappa shape index (κ2) is 5.86. The summed E-state index contributed by atoms with van der Waals surface area (Å²) in [5, 5.41) is 14.0. The Bertz CT molecular complexity index is 617. The zero-order valence-electron chi connectivity index (χ0n) is 14.4. The topological polar surface area (TPSA) is 84.7 Å². The number of ether oxygens (including phenoxy) is 1. The monoisotopic (exact) mass is 323 g/mol. The van der Waals surface area contributed by atoms with Crippen LogP contribution in [0, 0.1) is 12.3 Å². The molecule has 1 unspecified atom stereocenters. The fourth-order valence-corrected chi connectivity index (χ4v) is 2.93. The van der Waals surface area contributed by atoms with E-state index in [-0.39, 0.29) is 6.54 Å². The van der Waals surface area contributed by atoms with Crippen molar-refractivity contribution in [2.75, 3.05) is 13.1 Å². The van der Waals surface area contributed by atoms with E-state index in [0.29, 0.717) is 19.4 Å². The Hall–Kier alpha value is -2.05. The van der Waals surface area contributed by atoms with Gasteiger partial charge in [0.2, 0.25) is 0 Å². The van der Waals surface area contributed by atoms with Crippen LogP contribution < -0.4 is 0 Å². The van der Waals surface area contributed by atoms with Gasteiger partial charge in [0.15, 0.2) is 0 Å². The molecular formula is C16H25N3O4. The first-order valence-corrected chi connectivity index (χ1v) is 7.73. The van der Waals surface area contributed by atoms with Gasteiger partial charge in [0.25, 0.3) is 0 Å². The van der Waals surface area contributed by atoms with Crippen LogP contribution in [0.3, 0.4) is 0 Å². The van der Waals surface area contributed by atoms with Crippen LogP contribution in [0.2, 0.25) is 0 Å². The van der Waals surface area contributed by atoms with Gasteiger partial charge in [-0.05, 0) is 40.2 Å². The van der Waals surface area contributed by atoms with E-state index in [0.717, 1.165) is 11.4 Å². The van der Waals surface area contributed by atoms with Gasteiger partial charge in [0.1, 0.15) is 5.60 Å². The fourth-order valence-electron chi connectivity index (χ4n) is 2.93. The molecule has 0 aromatic carbocycles. The number of carboxylic acids is 1. The summed E-state index contributed by atoms with van der Waals surface area (Å²) in [4.78, 5) is 25.6. The van der Waals surface area contributed by atoms with Crippen LogP contribution in [-0.2, 0) is 23.0 Å². The van der Waals surface area contributed by atoms with Crippen LogP contribution in [0.25, 0.3) is 0 Å². The lowest BCUT2D eigenvalue weighted by Crippen LogP contribution is -2.40. The minimum atomic E-state index is -0.989. The number of aromatic nitrogens is 2. The van der Waals surface area contributed by atoms with E-state index in [4.69, 9.17) is 4.74 Å². The Morgan fingerprint density at radius 3 is 2.57 bits per heavy atom. The molecule has 1 N–H and O–H groups in total. The Morgan fingerprint density at radius 2 is 2.09 bits per heavy atom. The van der Waals surface area contributed by atoms with Gasteiger partial charge in [-0.3, -0.25) is 9.48 Å². The SMILES string of the molecule is Cc1cc(CC2(C(=O)O)CCN(C(=O)OC(C)(C)C)C2)n(C)n1. The van der Waals surface area contributed by atoms with Gasteiger partial charge in [-0.1, -0.05) is 0 Å². The number of rotatable bonds is 3. The van der Waals surface area contributed by atoms with Crippen LogP contribution >= 0.6 is 0 Å². The van der Waals surface area contributed by atoms with Crippen LogP contribution in [0.5, 0.6) is 0 Å². The third-order valence-electron chi connectivity index (χ3n) is 4.08. The minimum absolute atomic E-state index is 0.154. The molecule has 0 aliphatic carbocycles. The lowest BCUT2D eigenvalue weighted by atomic mass is 9.82. The lowest BCUT2D eigenvalue weighted by molar-refractivity contribution is -0.148. The van der Waals surface area contributed by atoms with Crippen LogP contribution in [0.15, 0.2) is 6.07 Å². The highest BCUT2D eigenvalue weighted by molar-refractivity contribution is 5.78. The van der Waals surface area contributed by atoms with Crippen molar-refractivity contribution in [3.05, 3.63) is 17.5 Å². The summed E-state index contributed by atoms with van der Waals surface area (Å²) in [6.45, 7) is 7.80. The highest BCUT2D eigenvalue weighted by atomic mass is 16.6. The van der Waals surface area contributed by atoms with Crippen LogP contribution in [-0.4, -0.2) is 50.5 Å².